The third kappa shape index (κ3) is 3.61. The smallest absolute Gasteiger partial charge is 0.211 e. The van der Waals surface area contributed by atoms with Gasteiger partial charge in [-0.05, 0) is 27.3 Å². The van der Waals surface area contributed by atoms with Gasteiger partial charge in [-0.3, -0.25) is 0 Å². The second kappa shape index (κ2) is 5.46. The molecule has 0 aliphatic carbocycles. The van der Waals surface area contributed by atoms with Crippen molar-refractivity contribution in [3.63, 3.8) is 0 Å². The molecule has 16 heavy (non-hydrogen) atoms. The predicted octanol–water partition coefficient (Wildman–Crippen LogP) is 2.31. The first-order valence-corrected chi connectivity index (χ1v) is 5.71. The third-order valence-corrected chi connectivity index (χ3v) is 2.60. The molecular weight excluding hydrogens is 204 g/mol. The van der Waals surface area contributed by atoms with E-state index in [-0.39, 0.29) is 11.6 Å². The molecule has 1 heterocycles. The predicted molar refractivity (Wildman–Crippen MR) is 63.4 cm³/mol. The molecule has 0 fully saturated rings. The molecule has 1 N–H and O–H groups in total. The Bertz CT molecular complexity index is 321. The molecule has 1 rings (SSSR count). The second-order valence-electron chi connectivity index (χ2n) is 4.58. The molecule has 0 aliphatic heterocycles. The van der Waals surface area contributed by atoms with Crippen LogP contribution in [-0.2, 0) is 11.2 Å². The van der Waals surface area contributed by atoms with Gasteiger partial charge in [0.25, 0.3) is 0 Å². The summed E-state index contributed by atoms with van der Waals surface area (Å²) in [7, 11) is 1.71. The molecule has 0 saturated carbocycles. The minimum Gasteiger partial charge on any atom is -0.444 e. The highest BCUT2D eigenvalue weighted by atomic mass is 16.5. The molecule has 0 aliphatic rings. The summed E-state index contributed by atoms with van der Waals surface area (Å²) < 4.78 is 11.0. The Labute approximate surface area is 97.4 Å². The molecular formula is C12H22N2O2. The summed E-state index contributed by atoms with van der Waals surface area (Å²) in [6.07, 6.45) is 2.51. The van der Waals surface area contributed by atoms with Crippen LogP contribution in [0.2, 0.25) is 0 Å². The average Bonchev–Trinajstić information content (AvgIpc) is 2.66. The van der Waals surface area contributed by atoms with Crippen molar-refractivity contribution in [2.24, 2.45) is 0 Å². The lowest BCUT2D eigenvalue weighted by atomic mass is 10.0. The van der Waals surface area contributed by atoms with Crippen LogP contribution in [0, 0.1) is 0 Å². The molecule has 0 spiro atoms. The van der Waals surface area contributed by atoms with E-state index in [1.807, 2.05) is 20.8 Å². The van der Waals surface area contributed by atoms with Crippen LogP contribution in [0.1, 0.15) is 45.4 Å². The van der Waals surface area contributed by atoms with Crippen LogP contribution in [0.25, 0.3) is 0 Å². The maximum absolute atomic E-state index is 5.68. The Morgan fingerprint density at radius 2 is 2.25 bits per heavy atom. The molecule has 1 aromatic rings. The van der Waals surface area contributed by atoms with Gasteiger partial charge in [-0.15, -0.1) is 0 Å². The zero-order valence-electron chi connectivity index (χ0n) is 10.8. The molecule has 1 aromatic heterocycles. The van der Waals surface area contributed by atoms with E-state index in [0.29, 0.717) is 0 Å². The summed E-state index contributed by atoms with van der Waals surface area (Å²) >= 11 is 0. The van der Waals surface area contributed by atoms with E-state index in [9.17, 15) is 0 Å². The Kier molecular flexibility index (Phi) is 4.50. The van der Waals surface area contributed by atoms with Crippen molar-refractivity contribution < 1.29 is 9.15 Å². The summed E-state index contributed by atoms with van der Waals surface area (Å²) in [5, 5.41) is 3.26. The Morgan fingerprint density at radius 1 is 1.56 bits per heavy atom. The van der Waals surface area contributed by atoms with Crippen LogP contribution >= 0.6 is 0 Å². The molecule has 4 nitrogen and oxygen atoms in total. The lowest BCUT2D eigenvalue weighted by Crippen LogP contribution is -2.25. The molecule has 1 unspecified atom stereocenters. The molecule has 1 atom stereocenters. The van der Waals surface area contributed by atoms with Crippen LogP contribution < -0.4 is 5.32 Å². The summed E-state index contributed by atoms with van der Waals surface area (Å²) in [4.78, 5) is 4.27. The first-order chi connectivity index (χ1) is 7.48. The lowest BCUT2D eigenvalue weighted by molar-refractivity contribution is 0.0189. The van der Waals surface area contributed by atoms with Crippen molar-refractivity contribution in [1.29, 1.82) is 0 Å². The highest BCUT2D eigenvalue weighted by molar-refractivity contribution is 5.00. The molecule has 0 bridgehead atoms. The summed E-state index contributed by atoms with van der Waals surface area (Å²) in [5.74, 6) is 1.61. The largest absolute Gasteiger partial charge is 0.444 e. The van der Waals surface area contributed by atoms with E-state index in [4.69, 9.17) is 9.15 Å². The van der Waals surface area contributed by atoms with E-state index in [0.717, 1.165) is 24.6 Å². The number of nitrogens with one attached hydrogen (secondary N) is 1. The Hall–Kier alpha value is -0.870. The number of methoxy groups -OCH3 is 1. The number of ether oxygens (including phenoxy) is 1. The van der Waals surface area contributed by atoms with Crippen LogP contribution in [-0.4, -0.2) is 24.2 Å². The molecule has 0 aromatic carbocycles. The topological polar surface area (TPSA) is 47.3 Å². The molecule has 0 radical (unpaired) electrons. The van der Waals surface area contributed by atoms with Gasteiger partial charge in [0, 0.05) is 13.5 Å². The number of oxazole rings is 1. The fourth-order valence-corrected chi connectivity index (χ4v) is 1.49. The number of hydrogen-bond acceptors (Lipinski definition) is 4. The normalized spacial score (nSPS) is 14.1. The zero-order chi connectivity index (χ0) is 12.2. The maximum Gasteiger partial charge on any atom is 0.211 e. The first-order valence-electron chi connectivity index (χ1n) is 5.71. The minimum atomic E-state index is -0.210. The molecule has 0 saturated heterocycles. The zero-order valence-corrected chi connectivity index (χ0v) is 10.8. The highest BCUT2D eigenvalue weighted by Gasteiger charge is 2.20. The monoisotopic (exact) mass is 226 g/mol. The van der Waals surface area contributed by atoms with Crippen molar-refractivity contribution in [1.82, 2.24) is 10.3 Å². The molecule has 0 amide bonds. The molecule has 92 valence electrons. The highest BCUT2D eigenvalue weighted by Crippen LogP contribution is 2.19. The fourth-order valence-electron chi connectivity index (χ4n) is 1.49. The van der Waals surface area contributed by atoms with E-state index in [1.165, 1.54) is 0 Å². The second-order valence-corrected chi connectivity index (χ2v) is 4.58. The minimum absolute atomic E-state index is 0.157. The van der Waals surface area contributed by atoms with Gasteiger partial charge in [-0.25, -0.2) is 4.98 Å². The SMILES string of the molecule is CCNC(C)c1ncc(CC(C)(C)OC)o1. The summed E-state index contributed by atoms with van der Waals surface area (Å²) in [5.41, 5.74) is -0.210. The number of rotatable bonds is 6. The van der Waals surface area contributed by atoms with Gasteiger partial charge in [0.2, 0.25) is 5.89 Å². The Balaban J connectivity index is 2.64. The van der Waals surface area contributed by atoms with E-state index >= 15 is 0 Å². The quantitative estimate of drug-likeness (QED) is 0.808. The van der Waals surface area contributed by atoms with Crippen LogP contribution in [0.5, 0.6) is 0 Å². The van der Waals surface area contributed by atoms with Gasteiger partial charge >= 0.3 is 0 Å². The van der Waals surface area contributed by atoms with Gasteiger partial charge in [-0.2, -0.15) is 0 Å². The van der Waals surface area contributed by atoms with Crippen LogP contribution in [0.3, 0.4) is 0 Å². The average molecular weight is 226 g/mol. The van der Waals surface area contributed by atoms with Crippen molar-refractivity contribution in [2.75, 3.05) is 13.7 Å². The number of nitrogens with zero attached hydrogens (tertiary/aromatic N) is 1. The third-order valence-electron chi connectivity index (χ3n) is 2.60. The lowest BCUT2D eigenvalue weighted by Gasteiger charge is -2.20. The van der Waals surface area contributed by atoms with Crippen LogP contribution in [0.15, 0.2) is 10.6 Å². The van der Waals surface area contributed by atoms with Crippen LogP contribution in [0.4, 0.5) is 0 Å². The molecule has 4 heteroatoms. The van der Waals surface area contributed by atoms with Crippen molar-refractivity contribution in [3.8, 4) is 0 Å². The number of aromatic nitrogens is 1. The van der Waals surface area contributed by atoms with Gasteiger partial charge in [0.05, 0.1) is 17.8 Å². The van der Waals surface area contributed by atoms with Gasteiger partial charge < -0.3 is 14.5 Å². The van der Waals surface area contributed by atoms with E-state index in [1.54, 1.807) is 13.3 Å². The van der Waals surface area contributed by atoms with E-state index in [2.05, 4.69) is 17.2 Å². The maximum atomic E-state index is 5.68. The standard InChI is InChI=1S/C12H22N2O2/c1-6-13-9(2)11-14-8-10(16-11)7-12(3,4)15-5/h8-9,13H,6-7H2,1-5H3. The summed E-state index contributed by atoms with van der Waals surface area (Å²) in [6, 6.07) is 0.157. The van der Waals surface area contributed by atoms with Crippen molar-refractivity contribution in [2.45, 2.75) is 45.8 Å². The fraction of sp³-hybridized carbons (Fsp3) is 0.750. The van der Waals surface area contributed by atoms with Crippen molar-refractivity contribution in [3.05, 3.63) is 17.8 Å². The van der Waals surface area contributed by atoms with Crippen molar-refractivity contribution >= 4 is 0 Å². The number of hydrogen-bond donors (Lipinski definition) is 1. The van der Waals surface area contributed by atoms with Gasteiger partial charge in [0.15, 0.2) is 0 Å². The Morgan fingerprint density at radius 3 is 2.81 bits per heavy atom. The van der Waals surface area contributed by atoms with Gasteiger partial charge in [-0.1, -0.05) is 6.92 Å². The van der Waals surface area contributed by atoms with Gasteiger partial charge in [0.1, 0.15) is 5.76 Å². The summed E-state index contributed by atoms with van der Waals surface area (Å²) in [6.45, 7) is 9.07. The van der Waals surface area contributed by atoms with E-state index < -0.39 is 0 Å². The first kappa shape index (κ1) is 13.2.